The molecule has 0 radical (unpaired) electrons. The van der Waals surface area contributed by atoms with Gasteiger partial charge in [-0.3, -0.25) is 9.59 Å². The van der Waals surface area contributed by atoms with E-state index in [0.717, 1.165) is 11.1 Å². The lowest BCUT2D eigenvalue weighted by atomic mass is 10.1. The van der Waals surface area contributed by atoms with Gasteiger partial charge in [0.1, 0.15) is 6.04 Å². The van der Waals surface area contributed by atoms with E-state index in [1.54, 1.807) is 6.08 Å². The van der Waals surface area contributed by atoms with Gasteiger partial charge in [0.05, 0.1) is 0 Å². The molecule has 0 saturated carbocycles. The number of nitrogens with one attached hydrogen (secondary N) is 1. The predicted molar refractivity (Wildman–Crippen MR) is 65.5 cm³/mol. The van der Waals surface area contributed by atoms with Crippen molar-refractivity contribution in [1.82, 2.24) is 5.32 Å². The Kier molecular flexibility index (Phi) is 4.46. The molecule has 17 heavy (non-hydrogen) atoms. The summed E-state index contributed by atoms with van der Waals surface area (Å²) in [5.74, 6) is -1.47. The SMILES string of the molecule is Cc1ccc(/C=C/C(=O)NC(C)C(=O)O)cc1. The quantitative estimate of drug-likeness (QED) is 0.776. The lowest BCUT2D eigenvalue weighted by Crippen LogP contribution is -2.37. The van der Waals surface area contributed by atoms with Crippen molar-refractivity contribution >= 4 is 18.0 Å². The minimum absolute atomic E-state index is 0.416. The lowest BCUT2D eigenvalue weighted by molar-refractivity contribution is -0.140. The van der Waals surface area contributed by atoms with Crippen LogP contribution in [-0.2, 0) is 9.59 Å². The molecule has 90 valence electrons. The van der Waals surface area contributed by atoms with Crippen LogP contribution in [0.3, 0.4) is 0 Å². The first-order valence-electron chi connectivity index (χ1n) is 5.27. The maximum atomic E-state index is 11.3. The molecule has 1 atom stereocenters. The highest BCUT2D eigenvalue weighted by molar-refractivity contribution is 5.94. The van der Waals surface area contributed by atoms with Gasteiger partial charge in [-0.1, -0.05) is 29.8 Å². The number of amides is 1. The lowest BCUT2D eigenvalue weighted by Gasteiger charge is -2.05. The average molecular weight is 233 g/mol. The van der Waals surface area contributed by atoms with Crippen LogP contribution < -0.4 is 5.32 Å². The van der Waals surface area contributed by atoms with E-state index in [1.807, 2.05) is 31.2 Å². The second kappa shape index (κ2) is 5.84. The average Bonchev–Trinajstić information content (AvgIpc) is 2.28. The molecule has 1 aromatic carbocycles. The van der Waals surface area contributed by atoms with E-state index in [4.69, 9.17) is 5.11 Å². The second-order valence-corrected chi connectivity index (χ2v) is 3.81. The summed E-state index contributed by atoms with van der Waals surface area (Å²) in [6.07, 6.45) is 2.97. The Morgan fingerprint density at radius 1 is 1.29 bits per heavy atom. The zero-order valence-corrected chi connectivity index (χ0v) is 9.81. The van der Waals surface area contributed by atoms with Crippen LogP contribution in [0.4, 0.5) is 0 Å². The maximum Gasteiger partial charge on any atom is 0.325 e. The first kappa shape index (κ1) is 13.0. The van der Waals surface area contributed by atoms with Gasteiger partial charge in [0.2, 0.25) is 5.91 Å². The Bertz CT molecular complexity index is 434. The molecule has 0 fully saturated rings. The second-order valence-electron chi connectivity index (χ2n) is 3.81. The molecule has 0 saturated heterocycles. The van der Waals surface area contributed by atoms with Crippen LogP contribution in [0.1, 0.15) is 18.1 Å². The Morgan fingerprint density at radius 3 is 2.41 bits per heavy atom. The smallest absolute Gasteiger partial charge is 0.325 e. The number of carbonyl (C=O) groups excluding carboxylic acids is 1. The van der Waals surface area contributed by atoms with Crippen molar-refractivity contribution in [3.05, 3.63) is 41.5 Å². The van der Waals surface area contributed by atoms with Crippen molar-refractivity contribution in [2.75, 3.05) is 0 Å². The van der Waals surface area contributed by atoms with Gasteiger partial charge in [-0.2, -0.15) is 0 Å². The molecule has 4 heteroatoms. The van der Waals surface area contributed by atoms with Crippen LogP contribution >= 0.6 is 0 Å². The molecule has 2 N–H and O–H groups in total. The standard InChI is InChI=1S/C13H15NO3/c1-9-3-5-11(6-4-9)7-8-12(15)14-10(2)13(16)17/h3-8,10H,1-2H3,(H,14,15)(H,16,17)/b8-7+. The number of carboxylic acid groups (broad SMARTS) is 1. The number of aryl methyl sites for hydroxylation is 1. The molecular weight excluding hydrogens is 218 g/mol. The van der Waals surface area contributed by atoms with Crippen molar-refractivity contribution in [2.45, 2.75) is 19.9 Å². The van der Waals surface area contributed by atoms with Crippen molar-refractivity contribution in [3.8, 4) is 0 Å². The predicted octanol–water partition coefficient (Wildman–Crippen LogP) is 1.60. The van der Waals surface area contributed by atoms with Gasteiger partial charge < -0.3 is 10.4 Å². The third kappa shape index (κ3) is 4.51. The van der Waals surface area contributed by atoms with Gasteiger partial charge in [-0.15, -0.1) is 0 Å². The topological polar surface area (TPSA) is 66.4 Å². The molecule has 1 rings (SSSR count). The summed E-state index contributed by atoms with van der Waals surface area (Å²) in [5, 5.41) is 10.9. The van der Waals surface area contributed by atoms with Crippen LogP contribution in [-0.4, -0.2) is 23.0 Å². The highest BCUT2D eigenvalue weighted by Crippen LogP contribution is 2.04. The van der Waals surface area contributed by atoms with Crippen LogP contribution in [0.25, 0.3) is 6.08 Å². The third-order valence-electron chi connectivity index (χ3n) is 2.23. The minimum Gasteiger partial charge on any atom is -0.480 e. The number of hydrogen-bond donors (Lipinski definition) is 2. The highest BCUT2D eigenvalue weighted by atomic mass is 16.4. The number of hydrogen-bond acceptors (Lipinski definition) is 2. The summed E-state index contributed by atoms with van der Waals surface area (Å²) in [6.45, 7) is 3.40. The van der Waals surface area contributed by atoms with Crippen molar-refractivity contribution in [2.24, 2.45) is 0 Å². The van der Waals surface area contributed by atoms with Gasteiger partial charge in [-0.05, 0) is 25.5 Å². The van der Waals surface area contributed by atoms with Crippen LogP contribution in [0.5, 0.6) is 0 Å². The fourth-order valence-corrected chi connectivity index (χ4v) is 1.17. The third-order valence-corrected chi connectivity index (χ3v) is 2.23. The first-order chi connectivity index (χ1) is 7.99. The zero-order valence-electron chi connectivity index (χ0n) is 9.81. The van der Waals surface area contributed by atoms with E-state index < -0.39 is 17.9 Å². The van der Waals surface area contributed by atoms with E-state index >= 15 is 0 Å². The molecular formula is C13H15NO3. The summed E-state index contributed by atoms with van der Waals surface area (Å²) in [5.41, 5.74) is 2.04. The molecule has 0 heterocycles. The minimum atomic E-state index is -1.05. The monoisotopic (exact) mass is 233 g/mol. The summed E-state index contributed by atoms with van der Waals surface area (Å²) in [6, 6.07) is 6.78. The van der Waals surface area contributed by atoms with Gasteiger partial charge in [0.15, 0.2) is 0 Å². The number of carboxylic acids is 1. The normalized spacial score (nSPS) is 12.4. The van der Waals surface area contributed by atoms with E-state index in [1.165, 1.54) is 13.0 Å². The van der Waals surface area contributed by atoms with Gasteiger partial charge in [-0.25, -0.2) is 0 Å². The largest absolute Gasteiger partial charge is 0.480 e. The van der Waals surface area contributed by atoms with E-state index in [9.17, 15) is 9.59 Å². The first-order valence-corrected chi connectivity index (χ1v) is 5.27. The van der Waals surface area contributed by atoms with Crippen LogP contribution in [0.2, 0.25) is 0 Å². The van der Waals surface area contributed by atoms with Gasteiger partial charge in [0, 0.05) is 6.08 Å². The molecule has 0 bridgehead atoms. The Morgan fingerprint density at radius 2 is 1.88 bits per heavy atom. The molecule has 0 spiro atoms. The molecule has 4 nitrogen and oxygen atoms in total. The summed E-state index contributed by atoms with van der Waals surface area (Å²) >= 11 is 0. The summed E-state index contributed by atoms with van der Waals surface area (Å²) in [4.78, 5) is 21.8. The number of aliphatic carboxylic acids is 1. The fourth-order valence-electron chi connectivity index (χ4n) is 1.17. The number of benzene rings is 1. The zero-order chi connectivity index (χ0) is 12.8. The molecule has 1 amide bonds. The Balaban J connectivity index is 2.56. The number of carbonyl (C=O) groups is 2. The maximum absolute atomic E-state index is 11.3. The Labute approximate surface area is 100.0 Å². The summed E-state index contributed by atoms with van der Waals surface area (Å²) < 4.78 is 0. The van der Waals surface area contributed by atoms with Gasteiger partial charge >= 0.3 is 5.97 Å². The fraction of sp³-hybridized carbons (Fsp3) is 0.231. The van der Waals surface area contributed by atoms with Crippen molar-refractivity contribution < 1.29 is 14.7 Å². The van der Waals surface area contributed by atoms with Gasteiger partial charge in [0.25, 0.3) is 0 Å². The molecule has 0 aliphatic carbocycles. The van der Waals surface area contributed by atoms with Crippen LogP contribution in [0.15, 0.2) is 30.3 Å². The van der Waals surface area contributed by atoms with E-state index in [-0.39, 0.29) is 0 Å². The number of rotatable bonds is 4. The van der Waals surface area contributed by atoms with Crippen LogP contribution in [0, 0.1) is 6.92 Å². The Hall–Kier alpha value is -2.10. The molecule has 1 unspecified atom stereocenters. The molecule has 0 aromatic heterocycles. The van der Waals surface area contributed by atoms with Crippen molar-refractivity contribution in [3.63, 3.8) is 0 Å². The van der Waals surface area contributed by atoms with E-state index in [0.29, 0.717) is 0 Å². The van der Waals surface area contributed by atoms with E-state index in [2.05, 4.69) is 5.32 Å². The highest BCUT2D eigenvalue weighted by Gasteiger charge is 2.11. The molecule has 1 aromatic rings. The molecule has 0 aliphatic rings. The molecule has 0 aliphatic heterocycles. The summed E-state index contributed by atoms with van der Waals surface area (Å²) in [7, 11) is 0. The van der Waals surface area contributed by atoms with Crippen molar-refractivity contribution in [1.29, 1.82) is 0 Å².